The molecule has 0 spiro atoms. The molecule has 0 aliphatic carbocycles. The van der Waals surface area contributed by atoms with E-state index < -0.39 is 0 Å². The highest BCUT2D eigenvalue weighted by atomic mass is 32.2. The molecule has 0 aliphatic rings. The minimum atomic E-state index is -0.145. The molecule has 1 aromatic rings. The van der Waals surface area contributed by atoms with E-state index in [9.17, 15) is 0 Å². The molecule has 3 heteroatoms. The predicted molar refractivity (Wildman–Crippen MR) is 68.3 cm³/mol. The van der Waals surface area contributed by atoms with Crippen LogP contribution in [-0.4, -0.2) is 5.75 Å². The van der Waals surface area contributed by atoms with Crippen LogP contribution in [0.15, 0.2) is 21.7 Å². The van der Waals surface area contributed by atoms with Crippen molar-refractivity contribution in [1.29, 1.82) is 5.26 Å². The van der Waals surface area contributed by atoms with Gasteiger partial charge in [0.2, 0.25) is 0 Å². The summed E-state index contributed by atoms with van der Waals surface area (Å²) in [6, 6.07) is 6.59. The maximum Gasteiger partial charge on any atom is 0.0683 e. The van der Waals surface area contributed by atoms with E-state index in [-0.39, 0.29) is 5.41 Å². The Balaban J connectivity index is 2.06. The normalized spacial score (nSPS) is 11.3. The highest BCUT2D eigenvalue weighted by Crippen LogP contribution is 2.26. The predicted octanol–water partition coefficient (Wildman–Crippen LogP) is 4.56. The van der Waals surface area contributed by atoms with Gasteiger partial charge >= 0.3 is 0 Å². The lowest BCUT2D eigenvalue weighted by Gasteiger charge is -2.13. The van der Waals surface area contributed by atoms with Gasteiger partial charge in [0.25, 0.3) is 0 Å². The van der Waals surface area contributed by atoms with Crippen molar-refractivity contribution in [2.24, 2.45) is 5.41 Å². The van der Waals surface area contributed by atoms with Crippen LogP contribution in [-0.2, 0) is 0 Å². The van der Waals surface area contributed by atoms with Crippen LogP contribution in [0, 0.1) is 16.7 Å². The first kappa shape index (κ1) is 12.6. The smallest absolute Gasteiger partial charge is 0.0683 e. The van der Waals surface area contributed by atoms with Crippen molar-refractivity contribution in [3.8, 4) is 6.07 Å². The van der Waals surface area contributed by atoms with Gasteiger partial charge in [-0.25, -0.2) is 0 Å². The Morgan fingerprint density at radius 1 is 1.47 bits per heavy atom. The summed E-state index contributed by atoms with van der Waals surface area (Å²) in [4.78, 5) is 0. The maximum atomic E-state index is 8.85. The maximum absolute atomic E-state index is 8.85. The van der Waals surface area contributed by atoms with Crippen molar-refractivity contribution < 1.29 is 0 Å². The second kappa shape index (κ2) is 6.19. The van der Waals surface area contributed by atoms with Crippen LogP contribution in [0.25, 0.3) is 0 Å². The van der Waals surface area contributed by atoms with Crippen LogP contribution >= 0.6 is 23.1 Å². The third-order valence-electron chi connectivity index (χ3n) is 2.24. The van der Waals surface area contributed by atoms with Crippen molar-refractivity contribution in [3.63, 3.8) is 0 Å². The first-order valence-corrected chi connectivity index (χ1v) is 7.08. The summed E-state index contributed by atoms with van der Waals surface area (Å²) in [6.07, 6.45) is 3.36. The van der Waals surface area contributed by atoms with E-state index in [4.69, 9.17) is 5.26 Å². The lowest BCUT2D eigenvalue weighted by molar-refractivity contribution is 0.433. The van der Waals surface area contributed by atoms with Gasteiger partial charge in [-0.15, -0.1) is 23.1 Å². The van der Waals surface area contributed by atoms with Crippen LogP contribution in [0.3, 0.4) is 0 Å². The zero-order chi connectivity index (χ0) is 11.1. The SMILES string of the molecule is CC(C)(C#N)CCCCSc1cccs1. The third kappa shape index (κ3) is 5.25. The Morgan fingerprint density at radius 3 is 2.87 bits per heavy atom. The van der Waals surface area contributed by atoms with Gasteiger partial charge in [-0.1, -0.05) is 12.5 Å². The van der Waals surface area contributed by atoms with E-state index in [1.807, 2.05) is 25.6 Å². The second-order valence-electron chi connectivity index (χ2n) is 4.23. The van der Waals surface area contributed by atoms with E-state index >= 15 is 0 Å². The Morgan fingerprint density at radius 2 is 2.27 bits per heavy atom. The first-order chi connectivity index (χ1) is 7.14. The molecule has 0 saturated carbocycles. The fourth-order valence-electron chi connectivity index (χ4n) is 1.24. The van der Waals surface area contributed by atoms with Gasteiger partial charge in [0.15, 0.2) is 0 Å². The molecule has 0 bridgehead atoms. The van der Waals surface area contributed by atoms with Gasteiger partial charge in [-0.3, -0.25) is 0 Å². The zero-order valence-corrected chi connectivity index (χ0v) is 11.0. The minimum absolute atomic E-state index is 0.145. The number of nitriles is 1. The summed E-state index contributed by atoms with van der Waals surface area (Å²) < 4.78 is 1.40. The van der Waals surface area contributed by atoms with Gasteiger partial charge in [-0.2, -0.15) is 5.26 Å². The molecule has 1 rings (SSSR count). The first-order valence-electron chi connectivity index (χ1n) is 5.22. The lowest BCUT2D eigenvalue weighted by atomic mass is 9.89. The fraction of sp³-hybridized carbons (Fsp3) is 0.583. The molecule has 0 unspecified atom stereocenters. The quantitative estimate of drug-likeness (QED) is 0.536. The monoisotopic (exact) mass is 239 g/mol. The minimum Gasteiger partial charge on any atom is -0.198 e. The molecule has 0 N–H and O–H groups in total. The van der Waals surface area contributed by atoms with Gasteiger partial charge in [-0.05, 0) is 43.9 Å². The largest absolute Gasteiger partial charge is 0.198 e. The topological polar surface area (TPSA) is 23.8 Å². The van der Waals surface area contributed by atoms with Gasteiger partial charge < -0.3 is 0 Å². The summed E-state index contributed by atoms with van der Waals surface area (Å²) in [7, 11) is 0. The highest BCUT2D eigenvalue weighted by Gasteiger charge is 2.15. The lowest BCUT2D eigenvalue weighted by Crippen LogP contribution is -2.07. The van der Waals surface area contributed by atoms with Gasteiger partial charge in [0.05, 0.1) is 15.7 Å². The number of hydrogen-bond donors (Lipinski definition) is 0. The van der Waals surface area contributed by atoms with Crippen molar-refractivity contribution in [3.05, 3.63) is 17.5 Å². The van der Waals surface area contributed by atoms with Crippen molar-refractivity contribution in [2.45, 2.75) is 37.3 Å². The molecular weight excluding hydrogens is 222 g/mol. The summed E-state index contributed by atoms with van der Waals surface area (Å²) in [6.45, 7) is 4.03. The van der Waals surface area contributed by atoms with Crippen molar-refractivity contribution >= 4 is 23.1 Å². The van der Waals surface area contributed by atoms with Crippen LogP contribution in [0.1, 0.15) is 33.1 Å². The average Bonchev–Trinajstić information content (AvgIpc) is 2.70. The second-order valence-corrected chi connectivity index (χ2v) is 6.58. The van der Waals surface area contributed by atoms with Crippen LogP contribution in [0.2, 0.25) is 0 Å². The molecule has 0 fully saturated rings. The third-order valence-corrected chi connectivity index (χ3v) is 4.46. The van der Waals surface area contributed by atoms with Gasteiger partial charge in [0.1, 0.15) is 0 Å². The molecule has 1 nitrogen and oxygen atoms in total. The summed E-state index contributed by atoms with van der Waals surface area (Å²) in [5.74, 6) is 1.17. The Kier molecular flexibility index (Phi) is 5.21. The molecule has 1 heterocycles. The number of thioether (sulfide) groups is 1. The molecule has 0 amide bonds. The van der Waals surface area contributed by atoms with Crippen LogP contribution < -0.4 is 0 Å². The van der Waals surface area contributed by atoms with Gasteiger partial charge in [0, 0.05) is 0 Å². The van der Waals surface area contributed by atoms with Crippen LogP contribution in [0.4, 0.5) is 0 Å². The number of hydrogen-bond acceptors (Lipinski definition) is 3. The average molecular weight is 239 g/mol. The van der Waals surface area contributed by atoms with Crippen LogP contribution in [0.5, 0.6) is 0 Å². The summed E-state index contributed by atoms with van der Waals surface area (Å²) in [5.41, 5.74) is -0.145. The summed E-state index contributed by atoms with van der Waals surface area (Å²) in [5, 5.41) is 11.0. The molecule has 0 saturated heterocycles. The van der Waals surface area contributed by atoms with E-state index in [2.05, 4.69) is 23.6 Å². The molecule has 82 valence electrons. The standard InChI is InChI=1S/C12H17NS2/c1-12(2,10-13)7-3-4-8-14-11-6-5-9-15-11/h5-6,9H,3-4,7-8H2,1-2H3. The number of rotatable bonds is 6. The van der Waals surface area contributed by atoms with E-state index in [1.165, 1.54) is 16.4 Å². The molecule has 15 heavy (non-hydrogen) atoms. The number of unbranched alkanes of at least 4 members (excludes halogenated alkanes) is 1. The zero-order valence-electron chi connectivity index (χ0n) is 9.32. The Labute approximate surface area is 101 Å². The summed E-state index contributed by atoms with van der Waals surface area (Å²) >= 11 is 3.72. The fourth-order valence-corrected chi connectivity index (χ4v) is 3.10. The molecule has 0 radical (unpaired) electrons. The van der Waals surface area contributed by atoms with E-state index in [1.54, 1.807) is 11.3 Å². The number of nitrogens with zero attached hydrogens (tertiary/aromatic N) is 1. The highest BCUT2D eigenvalue weighted by molar-refractivity contribution is 8.01. The van der Waals surface area contributed by atoms with E-state index in [0.29, 0.717) is 0 Å². The molecule has 0 aliphatic heterocycles. The Hall–Kier alpha value is -0.460. The number of thiophene rings is 1. The molecule has 0 atom stereocenters. The Bertz CT molecular complexity index is 309. The van der Waals surface area contributed by atoms with Crippen molar-refractivity contribution in [2.75, 3.05) is 5.75 Å². The molecule has 0 aromatic carbocycles. The van der Waals surface area contributed by atoms with E-state index in [0.717, 1.165) is 12.8 Å². The van der Waals surface area contributed by atoms with Crippen molar-refractivity contribution in [1.82, 2.24) is 0 Å². The molecule has 1 aromatic heterocycles. The molecular formula is C12H17NS2.